The Morgan fingerprint density at radius 2 is 1.63 bits per heavy atom. The summed E-state index contributed by atoms with van der Waals surface area (Å²) in [6, 6.07) is 16.9. The largest absolute Gasteiger partial charge is 0.466 e. The first kappa shape index (κ1) is 26.3. The molecular formula is C28H36N2O5. The van der Waals surface area contributed by atoms with Gasteiger partial charge in [0.25, 0.3) is 5.91 Å². The molecule has 1 fully saturated rings. The van der Waals surface area contributed by atoms with Crippen LogP contribution in [-0.4, -0.2) is 48.2 Å². The van der Waals surface area contributed by atoms with E-state index in [1.54, 1.807) is 45.0 Å². The van der Waals surface area contributed by atoms with E-state index in [1.165, 1.54) is 0 Å². The molecule has 7 nitrogen and oxygen atoms in total. The fourth-order valence-electron chi connectivity index (χ4n) is 4.46. The normalized spacial score (nSPS) is 15.3. The lowest BCUT2D eigenvalue weighted by Gasteiger charge is -2.36. The third-order valence-corrected chi connectivity index (χ3v) is 6.09. The van der Waals surface area contributed by atoms with Gasteiger partial charge in [-0.05, 0) is 82.2 Å². The molecule has 35 heavy (non-hydrogen) atoms. The van der Waals surface area contributed by atoms with Gasteiger partial charge in [0.1, 0.15) is 5.60 Å². The van der Waals surface area contributed by atoms with Gasteiger partial charge < -0.3 is 14.4 Å². The van der Waals surface area contributed by atoms with Crippen LogP contribution in [0.4, 0.5) is 10.5 Å². The standard InChI is InChI=1S/C28H36N2O5/c1-5-34-25(31)19-24(20-9-7-6-8-10-20)21-15-17-30(18-16-21)26(32)22-11-13-23(14-12-22)29-27(33)35-28(2,3)4/h6-14,21,24H,5,15-19H2,1-4H3,(H,29,33)/t24-/m1/s1. The number of amides is 2. The van der Waals surface area contributed by atoms with Crippen LogP contribution in [0.1, 0.15) is 68.8 Å². The quantitative estimate of drug-likeness (QED) is 0.520. The van der Waals surface area contributed by atoms with Crippen LogP contribution in [0.3, 0.4) is 0 Å². The van der Waals surface area contributed by atoms with Crippen molar-refractivity contribution >= 4 is 23.7 Å². The summed E-state index contributed by atoms with van der Waals surface area (Å²) in [5.41, 5.74) is 1.70. The van der Waals surface area contributed by atoms with Gasteiger partial charge in [-0.1, -0.05) is 30.3 Å². The van der Waals surface area contributed by atoms with Gasteiger partial charge in [0.15, 0.2) is 0 Å². The average molecular weight is 481 g/mol. The summed E-state index contributed by atoms with van der Waals surface area (Å²) >= 11 is 0. The van der Waals surface area contributed by atoms with Crippen molar-refractivity contribution in [2.45, 2.75) is 58.5 Å². The molecule has 1 aliphatic rings. The molecule has 1 heterocycles. The second-order valence-corrected chi connectivity index (χ2v) is 9.86. The first-order valence-corrected chi connectivity index (χ1v) is 12.3. The number of rotatable bonds is 7. The van der Waals surface area contributed by atoms with Crippen molar-refractivity contribution in [3.63, 3.8) is 0 Å². The Morgan fingerprint density at radius 3 is 2.20 bits per heavy atom. The van der Waals surface area contributed by atoms with Crippen LogP contribution >= 0.6 is 0 Å². The lowest BCUT2D eigenvalue weighted by Crippen LogP contribution is -2.40. The highest BCUT2D eigenvalue weighted by Gasteiger charge is 2.31. The predicted octanol–water partition coefficient (Wildman–Crippen LogP) is 5.62. The van der Waals surface area contributed by atoms with Crippen LogP contribution in [0.5, 0.6) is 0 Å². The van der Waals surface area contributed by atoms with Gasteiger partial charge in [-0.2, -0.15) is 0 Å². The minimum Gasteiger partial charge on any atom is -0.466 e. The summed E-state index contributed by atoms with van der Waals surface area (Å²) in [4.78, 5) is 39.1. The molecule has 188 valence electrons. The molecule has 1 saturated heterocycles. The van der Waals surface area contributed by atoms with Crippen LogP contribution in [0, 0.1) is 5.92 Å². The number of carbonyl (C=O) groups excluding carboxylic acids is 3. The van der Waals surface area contributed by atoms with Gasteiger partial charge in [-0.3, -0.25) is 14.9 Å². The molecule has 0 unspecified atom stereocenters. The second kappa shape index (κ2) is 11.9. The van der Waals surface area contributed by atoms with Crippen molar-refractivity contribution in [3.05, 3.63) is 65.7 Å². The highest BCUT2D eigenvalue weighted by molar-refractivity contribution is 5.95. The minimum absolute atomic E-state index is 0.0334. The maximum atomic E-state index is 13.1. The van der Waals surface area contributed by atoms with E-state index in [9.17, 15) is 14.4 Å². The molecule has 2 aromatic carbocycles. The Morgan fingerprint density at radius 1 is 1.00 bits per heavy atom. The van der Waals surface area contributed by atoms with Crippen LogP contribution in [-0.2, 0) is 14.3 Å². The Balaban J connectivity index is 1.59. The van der Waals surface area contributed by atoms with E-state index in [4.69, 9.17) is 9.47 Å². The second-order valence-electron chi connectivity index (χ2n) is 9.86. The number of piperidine rings is 1. The number of hydrogen-bond donors (Lipinski definition) is 1. The molecule has 0 aromatic heterocycles. The van der Waals surface area contributed by atoms with E-state index in [-0.39, 0.29) is 17.8 Å². The lowest BCUT2D eigenvalue weighted by atomic mass is 9.78. The van der Waals surface area contributed by atoms with E-state index in [1.807, 2.05) is 30.0 Å². The highest BCUT2D eigenvalue weighted by Crippen LogP contribution is 2.36. The average Bonchev–Trinajstić information content (AvgIpc) is 2.82. The van der Waals surface area contributed by atoms with Gasteiger partial charge in [-0.15, -0.1) is 0 Å². The first-order valence-electron chi connectivity index (χ1n) is 12.3. The Hall–Kier alpha value is -3.35. The molecule has 1 atom stereocenters. The fraction of sp³-hybridized carbons (Fsp3) is 0.464. The van der Waals surface area contributed by atoms with E-state index in [2.05, 4.69) is 17.4 Å². The molecule has 0 aliphatic carbocycles. The lowest BCUT2D eigenvalue weighted by molar-refractivity contribution is -0.144. The van der Waals surface area contributed by atoms with Crippen molar-refractivity contribution in [2.24, 2.45) is 5.92 Å². The smallest absolute Gasteiger partial charge is 0.412 e. The van der Waals surface area contributed by atoms with Gasteiger partial charge in [-0.25, -0.2) is 4.79 Å². The molecule has 2 amide bonds. The van der Waals surface area contributed by atoms with E-state index < -0.39 is 11.7 Å². The fourth-order valence-corrected chi connectivity index (χ4v) is 4.46. The SMILES string of the molecule is CCOC(=O)C[C@H](c1ccccc1)C1CCN(C(=O)c2ccc(NC(=O)OC(C)(C)C)cc2)CC1. The Bertz CT molecular complexity index is 990. The summed E-state index contributed by atoms with van der Waals surface area (Å²) in [7, 11) is 0. The number of benzene rings is 2. The van der Waals surface area contributed by atoms with Crippen LogP contribution in [0.2, 0.25) is 0 Å². The molecule has 1 aliphatic heterocycles. The molecule has 1 N–H and O–H groups in total. The number of nitrogens with one attached hydrogen (secondary N) is 1. The maximum Gasteiger partial charge on any atom is 0.412 e. The maximum absolute atomic E-state index is 13.1. The number of ether oxygens (including phenoxy) is 2. The van der Waals surface area contributed by atoms with Crippen LogP contribution in [0.25, 0.3) is 0 Å². The number of anilines is 1. The summed E-state index contributed by atoms with van der Waals surface area (Å²) in [5, 5.41) is 2.68. The van der Waals surface area contributed by atoms with E-state index in [0.717, 1.165) is 18.4 Å². The molecule has 0 bridgehead atoms. The summed E-state index contributed by atoms with van der Waals surface area (Å²) in [5.74, 6) is 0.158. The topological polar surface area (TPSA) is 84.9 Å². The van der Waals surface area contributed by atoms with Gasteiger partial charge in [0.05, 0.1) is 13.0 Å². The van der Waals surface area contributed by atoms with Crippen molar-refractivity contribution in [3.8, 4) is 0 Å². The summed E-state index contributed by atoms with van der Waals surface area (Å²) < 4.78 is 10.5. The number of nitrogens with zero attached hydrogens (tertiary/aromatic N) is 1. The number of carbonyl (C=O) groups is 3. The van der Waals surface area contributed by atoms with Crippen molar-refractivity contribution < 1.29 is 23.9 Å². The van der Waals surface area contributed by atoms with Gasteiger partial charge >= 0.3 is 12.1 Å². The third kappa shape index (κ3) is 7.84. The van der Waals surface area contributed by atoms with Crippen LogP contribution in [0.15, 0.2) is 54.6 Å². The van der Waals surface area contributed by atoms with Crippen molar-refractivity contribution in [2.75, 3.05) is 25.0 Å². The zero-order valence-corrected chi connectivity index (χ0v) is 21.1. The molecule has 2 aromatic rings. The first-order chi connectivity index (χ1) is 16.7. The van der Waals surface area contributed by atoms with E-state index >= 15 is 0 Å². The third-order valence-electron chi connectivity index (χ3n) is 6.09. The van der Waals surface area contributed by atoms with Crippen molar-refractivity contribution in [1.29, 1.82) is 0 Å². The zero-order valence-electron chi connectivity index (χ0n) is 21.1. The number of esters is 1. The molecule has 7 heteroatoms. The molecule has 0 saturated carbocycles. The molecule has 0 radical (unpaired) electrons. The zero-order chi connectivity index (χ0) is 25.4. The number of likely N-dealkylation sites (tertiary alicyclic amines) is 1. The molecular weight excluding hydrogens is 444 g/mol. The minimum atomic E-state index is -0.581. The van der Waals surface area contributed by atoms with Gasteiger partial charge in [0.2, 0.25) is 0 Å². The van der Waals surface area contributed by atoms with E-state index in [0.29, 0.717) is 43.3 Å². The van der Waals surface area contributed by atoms with Crippen LogP contribution < -0.4 is 5.32 Å². The number of hydrogen-bond acceptors (Lipinski definition) is 5. The molecule has 0 spiro atoms. The summed E-state index contributed by atoms with van der Waals surface area (Å²) in [6.45, 7) is 8.86. The monoisotopic (exact) mass is 480 g/mol. The van der Waals surface area contributed by atoms with Crippen molar-refractivity contribution in [1.82, 2.24) is 4.90 Å². The van der Waals surface area contributed by atoms with Gasteiger partial charge in [0, 0.05) is 24.3 Å². The Labute approximate surface area is 207 Å². The molecule has 3 rings (SSSR count). The Kier molecular flexibility index (Phi) is 8.90. The summed E-state index contributed by atoms with van der Waals surface area (Å²) in [6.07, 6.45) is 1.46. The predicted molar refractivity (Wildman–Crippen MR) is 135 cm³/mol. The highest BCUT2D eigenvalue weighted by atomic mass is 16.6.